The molecular formula is C11H10ClN3O3. The van der Waals surface area contributed by atoms with Crippen LogP contribution in [0.25, 0.3) is 0 Å². The number of halogens is 1. The van der Waals surface area contributed by atoms with Gasteiger partial charge in [0.25, 0.3) is 0 Å². The predicted octanol–water partition coefficient (Wildman–Crippen LogP) is 1.92. The third-order valence-electron chi connectivity index (χ3n) is 2.28. The average molecular weight is 268 g/mol. The minimum atomic E-state index is -1.14. The highest BCUT2D eigenvalue weighted by Crippen LogP contribution is 2.19. The Bertz CT molecular complexity index is 565. The molecule has 18 heavy (non-hydrogen) atoms. The van der Waals surface area contributed by atoms with Crippen LogP contribution in [0.3, 0.4) is 0 Å². The number of carboxylic acids is 1. The smallest absolute Gasteiger partial charge is 0.341 e. The molecule has 1 aromatic carbocycles. The zero-order valence-corrected chi connectivity index (χ0v) is 9.94. The summed E-state index contributed by atoms with van der Waals surface area (Å²) in [4.78, 5) is 10.9. The molecule has 0 atom stereocenters. The topological polar surface area (TPSA) is 101 Å². The molecule has 2 aromatic rings. The lowest BCUT2D eigenvalue weighted by atomic mass is 10.2. The van der Waals surface area contributed by atoms with E-state index in [1.165, 1.54) is 0 Å². The molecular weight excluding hydrogens is 258 g/mol. The zero-order chi connectivity index (χ0) is 13.1. The Balaban J connectivity index is 2.11. The number of aromatic carboxylic acids is 1. The van der Waals surface area contributed by atoms with Crippen molar-refractivity contribution in [2.45, 2.75) is 6.61 Å². The Morgan fingerprint density at radius 3 is 2.72 bits per heavy atom. The van der Waals surface area contributed by atoms with Crippen LogP contribution in [0, 0.1) is 0 Å². The zero-order valence-electron chi connectivity index (χ0n) is 9.18. The highest BCUT2D eigenvalue weighted by atomic mass is 35.5. The second kappa shape index (κ2) is 4.97. The Morgan fingerprint density at radius 2 is 2.11 bits per heavy atom. The molecule has 4 N–H and O–H groups in total. The number of benzene rings is 1. The maximum Gasteiger partial charge on any atom is 0.341 e. The highest BCUT2D eigenvalue weighted by molar-refractivity contribution is 6.30. The molecule has 0 fully saturated rings. The van der Waals surface area contributed by atoms with E-state index in [1.54, 1.807) is 24.3 Å². The molecule has 0 aliphatic carbocycles. The van der Waals surface area contributed by atoms with Crippen molar-refractivity contribution in [2.75, 3.05) is 5.73 Å². The lowest BCUT2D eigenvalue weighted by Crippen LogP contribution is -2.06. The third-order valence-corrected chi connectivity index (χ3v) is 2.53. The van der Waals surface area contributed by atoms with E-state index in [1.807, 2.05) is 0 Å². The summed E-state index contributed by atoms with van der Waals surface area (Å²) in [5.41, 5.74) is 5.68. The monoisotopic (exact) mass is 267 g/mol. The largest absolute Gasteiger partial charge is 0.487 e. The number of aromatic nitrogens is 2. The van der Waals surface area contributed by atoms with Gasteiger partial charge in [0.05, 0.1) is 5.69 Å². The Labute approximate surface area is 107 Å². The van der Waals surface area contributed by atoms with Gasteiger partial charge in [-0.05, 0) is 24.3 Å². The van der Waals surface area contributed by atoms with Crippen LogP contribution in [0.15, 0.2) is 24.3 Å². The first-order valence-corrected chi connectivity index (χ1v) is 5.40. The van der Waals surface area contributed by atoms with Gasteiger partial charge in [0.2, 0.25) is 0 Å². The number of ether oxygens (including phenoxy) is 1. The SMILES string of the molecule is Nc1n[nH]c(COc2ccc(Cl)cc2)c1C(=O)O. The molecule has 0 saturated heterocycles. The summed E-state index contributed by atoms with van der Waals surface area (Å²) in [6.07, 6.45) is 0. The van der Waals surface area contributed by atoms with Gasteiger partial charge < -0.3 is 15.6 Å². The van der Waals surface area contributed by atoms with E-state index in [0.717, 1.165) is 0 Å². The number of carbonyl (C=O) groups is 1. The summed E-state index contributed by atoms with van der Waals surface area (Å²) in [5.74, 6) is -0.628. The molecule has 1 aromatic heterocycles. The quantitative estimate of drug-likeness (QED) is 0.786. The molecule has 1 heterocycles. The number of nitrogens with zero attached hydrogens (tertiary/aromatic N) is 1. The lowest BCUT2D eigenvalue weighted by Gasteiger charge is -2.05. The van der Waals surface area contributed by atoms with Crippen molar-refractivity contribution < 1.29 is 14.6 Å². The maximum absolute atomic E-state index is 10.9. The van der Waals surface area contributed by atoms with Gasteiger partial charge >= 0.3 is 5.97 Å². The van der Waals surface area contributed by atoms with Crippen LogP contribution < -0.4 is 10.5 Å². The van der Waals surface area contributed by atoms with Crippen LogP contribution >= 0.6 is 11.6 Å². The number of nitrogens with two attached hydrogens (primary N) is 1. The minimum absolute atomic E-state index is 0.0352. The summed E-state index contributed by atoms with van der Waals surface area (Å²) in [6.45, 7) is 0.0352. The highest BCUT2D eigenvalue weighted by Gasteiger charge is 2.17. The van der Waals surface area contributed by atoms with Gasteiger partial charge in [-0.2, -0.15) is 5.10 Å². The number of carboxylic acid groups (broad SMARTS) is 1. The second-order valence-corrected chi connectivity index (χ2v) is 3.95. The third kappa shape index (κ3) is 2.54. The van der Waals surface area contributed by atoms with Crippen molar-refractivity contribution >= 4 is 23.4 Å². The molecule has 6 nitrogen and oxygen atoms in total. The Hall–Kier alpha value is -2.21. The molecule has 7 heteroatoms. The number of rotatable bonds is 4. The number of nitrogen functional groups attached to an aromatic ring is 1. The van der Waals surface area contributed by atoms with E-state index in [2.05, 4.69) is 10.2 Å². The number of nitrogens with one attached hydrogen (secondary N) is 1. The molecule has 0 radical (unpaired) electrons. The van der Waals surface area contributed by atoms with Gasteiger partial charge in [-0.15, -0.1) is 0 Å². The first-order valence-electron chi connectivity index (χ1n) is 5.02. The fourth-order valence-electron chi connectivity index (χ4n) is 1.42. The van der Waals surface area contributed by atoms with Crippen molar-refractivity contribution in [3.8, 4) is 5.75 Å². The number of hydrogen-bond acceptors (Lipinski definition) is 4. The molecule has 0 bridgehead atoms. The summed E-state index contributed by atoms with van der Waals surface area (Å²) in [6, 6.07) is 6.72. The standard InChI is InChI=1S/C11H10ClN3O3/c12-6-1-3-7(4-2-6)18-5-8-9(11(16)17)10(13)15-14-8/h1-4H,5H2,(H,16,17)(H3,13,14,15). The van der Waals surface area contributed by atoms with Gasteiger partial charge in [0.1, 0.15) is 17.9 Å². The van der Waals surface area contributed by atoms with Gasteiger partial charge in [-0.25, -0.2) is 4.79 Å². The van der Waals surface area contributed by atoms with Crippen molar-refractivity contribution in [3.05, 3.63) is 40.5 Å². The van der Waals surface area contributed by atoms with E-state index >= 15 is 0 Å². The molecule has 0 aliphatic rings. The van der Waals surface area contributed by atoms with Crippen LogP contribution in [0.5, 0.6) is 5.75 Å². The van der Waals surface area contributed by atoms with E-state index in [4.69, 9.17) is 27.2 Å². The molecule has 0 spiro atoms. The average Bonchev–Trinajstić information content (AvgIpc) is 2.70. The van der Waals surface area contributed by atoms with Crippen molar-refractivity contribution in [3.63, 3.8) is 0 Å². The Morgan fingerprint density at radius 1 is 1.44 bits per heavy atom. The van der Waals surface area contributed by atoms with Crippen LogP contribution in [0.4, 0.5) is 5.82 Å². The van der Waals surface area contributed by atoms with Gasteiger partial charge in [0.15, 0.2) is 5.82 Å². The summed E-state index contributed by atoms with van der Waals surface area (Å²) < 4.78 is 5.40. The molecule has 0 aliphatic heterocycles. The van der Waals surface area contributed by atoms with E-state index < -0.39 is 5.97 Å². The van der Waals surface area contributed by atoms with Crippen molar-refractivity contribution in [2.24, 2.45) is 0 Å². The number of H-pyrrole nitrogens is 1. The first kappa shape index (κ1) is 12.3. The lowest BCUT2D eigenvalue weighted by molar-refractivity contribution is 0.0695. The van der Waals surface area contributed by atoms with Crippen LogP contribution in [-0.2, 0) is 6.61 Å². The van der Waals surface area contributed by atoms with Crippen LogP contribution in [0.2, 0.25) is 5.02 Å². The molecule has 0 unspecified atom stereocenters. The Kier molecular flexibility index (Phi) is 3.38. The van der Waals surface area contributed by atoms with Gasteiger partial charge in [-0.1, -0.05) is 11.6 Å². The minimum Gasteiger partial charge on any atom is -0.487 e. The first-order chi connectivity index (χ1) is 8.58. The van der Waals surface area contributed by atoms with Gasteiger partial charge in [-0.3, -0.25) is 5.10 Å². The molecule has 94 valence electrons. The van der Waals surface area contributed by atoms with Crippen LogP contribution in [0.1, 0.15) is 16.1 Å². The fourth-order valence-corrected chi connectivity index (χ4v) is 1.55. The van der Waals surface area contributed by atoms with E-state index in [0.29, 0.717) is 16.5 Å². The summed E-state index contributed by atoms with van der Waals surface area (Å²) in [5, 5.41) is 15.7. The molecule has 2 rings (SSSR count). The normalized spacial score (nSPS) is 10.3. The van der Waals surface area contributed by atoms with E-state index in [-0.39, 0.29) is 18.0 Å². The maximum atomic E-state index is 10.9. The van der Waals surface area contributed by atoms with Gasteiger partial charge in [0, 0.05) is 5.02 Å². The molecule has 0 amide bonds. The number of anilines is 1. The van der Waals surface area contributed by atoms with Crippen molar-refractivity contribution in [1.29, 1.82) is 0 Å². The number of hydrogen-bond donors (Lipinski definition) is 3. The second-order valence-electron chi connectivity index (χ2n) is 3.51. The molecule has 0 saturated carbocycles. The van der Waals surface area contributed by atoms with E-state index in [9.17, 15) is 4.79 Å². The number of aromatic amines is 1. The van der Waals surface area contributed by atoms with Crippen molar-refractivity contribution in [1.82, 2.24) is 10.2 Å². The van der Waals surface area contributed by atoms with Crippen LogP contribution in [-0.4, -0.2) is 21.3 Å². The summed E-state index contributed by atoms with van der Waals surface area (Å²) in [7, 11) is 0. The predicted molar refractivity (Wildman–Crippen MR) is 65.7 cm³/mol. The fraction of sp³-hybridized carbons (Fsp3) is 0.0909. The summed E-state index contributed by atoms with van der Waals surface area (Å²) >= 11 is 5.73.